The van der Waals surface area contributed by atoms with Gasteiger partial charge in [0.2, 0.25) is 0 Å². The lowest BCUT2D eigenvalue weighted by Crippen LogP contribution is -2.50. The van der Waals surface area contributed by atoms with Crippen LogP contribution in [0.5, 0.6) is 0 Å². The summed E-state index contributed by atoms with van der Waals surface area (Å²) in [6.45, 7) is 4.03. The van der Waals surface area contributed by atoms with Crippen LogP contribution in [0.2, 0.25) is 0 Å². The number of anilines is 1. The molecular weight excluding hydrogens is 256 g/mol. The van der Waals surface area contributed by atoms with E-state index in [9.17, 15) is 8.78 Å². The fraction of sp³-hybridized carbons (Fsp3) is 0.417. The normalized spacial score (nSPS) is 18.0. The topological polar surface area (TPSA) is 27.3 Å². The number of halogens is 2. The van der Waals surface area contributed by atoms with Crippen molar-refractivity contribution in [2.45, 2.75) is 32.4 Å². The van der Waals surface area contributed by atoms with E-state index in [4.69, 9.17) is 12.2 Å². The summed E-state index contributed by atoms with van der Waals surface area (Å²) in [5.41, 5.74) is 3.18. The minimum atomic E-state index is -0.625. The van der Waals surface area contributed by atoms with Crippen LogP contribution in [-0.4, -0.2) is 10.8 Å². The van der Waals surface area contributed by atoms with E-state index in [0.29, 0.717) is 10.8 Å². The van der Waals surface area contributed by atoms with Gasteiger partial charge in [-0.2, -0.15) is 0 Å². The minimum Gasteiger partial charge on any atom is -0.342 e. The van der Waals surface area contributed by atoms with Crippen LogP contribution in [0.25, 0.3) is 0 Å². The molecule has 1 aliphatic rings. The summed E-state index contributed by atoms with van der Waals surface area (Å²) < 4.78 is 26.4. The van der Waals surface area contributed by atoms with Crippen LogP contribution in [0.1, 0.15) is 26.7 Å². The molecule has 1 heterocycles. The molecule has 2 N–H and O–H groups in total. The molecule has 1 aromatic rings. The first kappa shape index (κ1) is 13.2. The number of nitrogens with zero attached hydrogens (tertiary/aromatic N) is 1. The van der Waals surface area contributed by atoms with Crippen molar-refractivity contribution in [3.63, 3.8) is 0 Å². The van der Waals surface area contributed by atoms with E-state index in [1.54, 1.807) is 0 Å². The van der Waals surface area contributed by atoms with Crippen molar-refractivity contribution in [1.82, 2.24) is 10.7 Å². The van der Waals surface area contributed by atoms with E-state index in [-0.39, 0.29) is 5.66 Å². The van der Waals surface area contributed by atoms with Gasteiger partial charge in [0.15, 0.2) is 5.11 Å². The summed E-state index contributed by atoms with van der Waals surface area (Å²) >= 11 is 5.20. The summed E-state index contributed by atoms with van der Waals surface area (Å²) in [6, 6.07) is 3.32. The highest BCUT2D eigenvalue weighted by atomic mass is 32.1. The van der Waals surface area contributed by atoms with E-state index in [1.165, 1.54) is 17.1 Å². The maximum atomic E-state index is 13.2. The van der Waals surface area contributed by atoms with Gasteiger partial charge in [-0.25, -0.2) is 19.2 Å². The number of hydrazine groups is 1. The molecule has 0 aliphatic carbocycles. The molecule has 3 nitrogen and oxygen atoms in total. The van der Waals surface area contributed by atoms with E-state index in [1.807, 2.05) is 13.8 Å². The Hall–Kier alpha value is -1.27. The van der Waals surface area contributed by atoms with Crippen LogP contribution in [0, 0.1) is 11.6 Å². The Bertz CT molecular complexity index is 454. The molecule has 0 bridgehead atoms. The van der Waals surface area contributed by atoms with Crippen molar-refractivity contribution in [2.75, 3.05) is 5.01 Å². The molecule has 0 radical (unpaired) electrons. The predicted molar refractivity (Wildman–Crippen MR) is 71.0 cm³/mol. The van der Waals surface area contributed by atoms with Crippen molar-refractivity contribution < 1.29 is 8.78 Å². The van der Waals surface area contributed by atoms with Gasteiger partial charge in [-0.05, 0) is 37.2 Å². The molecule has 1 saturated heterocycles. The molecule has 6 heteroatoms. The number of rotatable bonds is 3. The maximum absolute atomic E-state index is 13.2. The van der Waals surface area contributed by atoms with Crippen LogP contribution < -0.4 is 15.8 Å². The molecule has 18 heavy (non-hydrogen) atoms. The van der Waals surface area contributed by atoms with Gasteiger partial charge in [-0.1, -0.05) is 13.8 Å². The SMILES string of the molecule is CCC1(CC)NC(=S)N(c2cc(F)cc(F)c2)N1. The third-order valence-corrected chi connectivity index (χ3v) is 3.47. The van der Waals surface area contributed by atoms with Crippen molar-refractivity contribution in [1.29, 1.82) is 0 Å². The van der Waals surface area contributed by atoms with Crippen molar-refractivity contribution in [3.8, 4) is 0 Å². The number of benzene rings is 1. The van der Waals surface area contributed by atoms with Crippen LogP contribution >= 0.6 is 12.2 Å². The zero-order chi connectivity index (χ0) is 13.3. The Morgan fingerprint density at radius 2 is 1.72 bits per heavy atom. The Labute approximate surface area is 110 Å². The van der Waals surface area contributed by atoms with Crippen LogP contribution in [0.4, 0.5) is 14.5 Å². The van der Waals surface area contributed by atoms with Crippen molar-refractivity contribution in [2.24, 2.45) is 0 Å². The Balaban J connectivity index is 2.32. The summed E-state index contributed by atoms with van der Waals surface area (Å²) in [4.78, 5) is 0. The number of nitrogens with one attached hydrogen (secondary N) is 2. The Morgan fingerprint density at radius 3 is 2.17 bits per heavy atom. The highest BCUT2D eigenvalue weighted by molar-refractivity contribution is 7.80. The smallest absolute Gasteiger partial charge is 0.189 e. The molecule has 0 unspecified atom stereocenters. The highest BCUT2D eigenvalue weighted by Crippen LogP contribution is 2.24. The second-order valence-corrected chi connectivity index (χ2v) is 4.68. The predicted octanol–water partition coefficient (Wildman–Crippen LogP) is 2.68. The molecule has 98 valence electrons. The summed E-state index contributed by atoms with van der Waals surface area (Å²) in [7, 11) is 0. The van der Waals surface area contributed by atoms with E-state index in [0.717, 1.165) is 18.9 Å². The molecule has 1 aliphatic heterocycles. The first-order chi connectivity index (χ1) is 8.49. The van der Waals surface area contributed by atoms with Gasteiger partial charge >= 0.3 is 0 Å². The fourth-order valence-electron chi connectivity index (χ4n) is 1.99. The van der Waals surface area contributed by atoms with Crippen LogP contribution in [-0.2, 0) is 0 Å². The van der Waals surface area contributed by atoms with Crippen molar-refractivity contribution >= 4 is 23.0 Å². The molecular formula is C12H15F2N3S. The Morgan fingerprint density at radius 1 is 1.17 bits per heavy atom. The number of hydrogen-bond donors (Lipinski definition) is 2. The van der Waals surface area contributed by atoms with Crippen LogP contribution in [0.15, 0.2) is 18.2 Å². The fourth-order valence-corrected chi connectivity index (χ4v) is 2.33. The third kappa shape index (κ3) is 2.30. The third-order valence-electron chi connectivity index (χ3n) is 3.19. The Kier molecular flexibility index (Phi) is 3.49. The van der Waals surface area contributed by atoms with Gasteiger partial charge in [0, 0.05) is 6.07 Å². The average molecular weight is 271 g/mol. The quantitative estimate of drug-likeness (QED) is 0.827. The first-order valence-electron chi connectivity index (χ1n) is 5.86. The van der Waals surface area contributed by atoms with Gasteiger partial charge in [-0.15, -0.1) is 0 Å². The first-order valence-corrected chi connectivity index (χ1v) is 6.26. The zero-order valence-corrected chi connectivity index (χ0v) is 11.1. The summed E-state index contributed by atoms with van der Waals surface area (Å²) in [6.07, 6.45) is 1.61. The summed E-state index contributed by atoms with van der Waals surface area (Å²) in [5.74, 6) is -1.25. The molecule has 1 fully saturated rings. The molecule has 0 saturated carbocycles. The molecule has 0 spiro atoms. The van der Waals surface area contributed by atoms with E-state index >= 15 is 0 Å². The van der Waals surface area contributed by atoms with E-state index in [2.05, 4.69) is 10.7 Å². The molecule has 0 atom stereocenters. The highest BCUT2D eigenvalue weighted by Gasteiger charge is 2.37. The summed E-state index contributed by atoms with van der Waals surface area (Å²) in [5, 5.41) is 5.08. The number of hydrogen-bond acceptors (Lipinski definition) is 2. The molecule has 0 amide bonds. The van der Waals surface area contributed by atoms with Crippen molar-refractivity contribution in [3.05, 3.63) is 29.8 Å². The molecule has 2 rings (SSSR count). The zero-order valence-electron chi connectivity index (χ0n) is 10.3. The lowest BCUT2D eigenvalue weighted by atomic mass is 10.1. The van der Waals surface area contributed by atoms with Gasteiger partial charge < -0.3 is 5.32 Å². The van der Waals surface area contributed by atoms with Gasteiger partial charge in [-0.3, -0.25) is 0 Å². The van der Waals surface area contributed by atoms with Crippen LogP contribution in [0.3, 0.4) is 0 Å². The standard InChI is InChI=1S/C12H15F2N3S/c1-3-12(4-2)15-11(18)17(16-12)10-6-8(13)5-9(14)7-10/h5-7,16H,3-4H2,1-2H3,(H,15,18). The lowest BCUT2D eigenvalue weighted by Gasteiger charge is -2.27. The minimum absolute atomic E-state index is 0.347. The second-order valence-electron chi connectivity index (χ2n) is 4.29. The maximum Gasteiger partial charge on any atom is 0.189 e. The average Bonchev–Trinajstić information content (AvgIpc) is 2.66. The lowest BCUT2D eigenvalue weighted by molar-refractivity contribution is 0.315. The van der Waals surface area contributed by atoms with Gasteiger partial charge in [0.1, 0.15) is 17.3 Å². The monoisotopic (exact) mass is 271 g/mol. The largest absolute Gasteiger partial charge is 0.342 e. The molecule has 1 aromatic carbocycles. The van der Waals surface area contributed by atoms with Gasteiger partial charge in [0.05, 0.1) is 5.69 Å². The number of thiocarbonyl (C=S) groups is 1. The molecule has 0 aromatic heterocycles. The van der Waals surface area contributed by atoms with Gasteiger partial charge in [0.25, 0.3) is 0 Å². The second kappa shape index (κ2) is 4.78. The van der Waals surface area contributed by atoms with E-state index < -0.39 is 11.6 Å².